The van der Waals surface area contributed by atoms with Crippen LogP contribution in [0.1, 0.15) is 0 Å². The van der Waals surface area contributed by atoms with Crippen molar-refractivity contribution >= 4 is 60.8 Å². The zero-order chi connectivity index (χ0) is 15.8. The van der Waals surface area contributed by atoms with Gasteiger partial charge < -0.3 is 4.74 Å². The lowest BCUT2D eigenvalue weighted by molar-refractivity contribution is 0.482. The van der Waals surface area contributed by atoms with Crippen LogP contribution in [0.15, 0.2) is 39.7 Å². The standard InChI is InChI=1S/C12H7BrCl3NO3S/c13-7-4-10(16)12(5-8(7)14)20-11-2-1-6(3-9(11)15)21(17,18)19/h1-5H,(H2,17,18,19). The molecule has 0 aliphatic carbocycles. The molecule has 0 heterocycles. The molecule has 21 heavy (non-hydrogen) atoms. The Morgan fingerprint density at radius 3 is 2.14 bits per heavy atom. The minimum Gasteiger partial charge on any atom is -0.454 e. The average Bonchev–Trinajstić information content (AvgIpc) is 2.36. The highest BCUT2D eigenvalue weighted by atomic mass is 79.9. The maximum atomic E-state index is 11.2. The Morgan fingerprint density at radius 1 is 0.952 bits per heavy atom. The van der Waals surface area contributed by atoms with Crippen molar-refractivity contribution < 1.29 is 13.2 Å². The molecule has 0 aliphatic heterocycles. The maximum absolute atomic E-state index is 11.2. The van der Waals surface area contributed by atoms with Gasteiger partial charge in [0.05, 0.1) is 20.0 Å². The van der Waals surface area contributed by atoms with Crippen LogP contribution in [0, 0.1) is 0 Å². The summed E-state index contributed by atoms with van der Waals surface area (Å²) in [6.07, 6.45) is 0. The van der Waals surface area contributed by atoms with Crippen LogP contribution < -0.4 is 9.88 Å². The molecule has 0 atom stereocenters. The van der Waals surface area contributed by atoms with E-state index < -0.39 is 10.0 Å². The monoisotopic (exact) mass is 429 g/mol. The lowest BCUT2D eigenvalue weighted by atomic mass is 10.3. The number of ether oxygens (including phenoxy) is 1. The van der Waals surface area contributed by atoms with Crippen molar-refractivity contribution in [2.75, 3.05) is 0 Å². The van der Waals surface area contributed by atoms with Gasteiger partial charge in [-0.05, 0) is 40.2 Å². The Kier molecular flexibility index (Phi) is 5.07. The van der Waals surface area contributed by atoms with Gasteiger partial charge in [-0.3, -0.25) is 0 Å². The molecule has 2 rings (SSSR count). The predicted molar refractivity (Wildman–Crippen MR) is 87.1 cm³/mol. The first-order chi connectivity index (χ1) is 9.68. The molecule has 0 saturated heterocycles. The molecule has 2 aromatic carbocycles. The molecule has 0 aliphatic rings. The van der Waals surface area contributed by atoms with E-state index in [4.69, 9.17) is 44.7 Å². The van der Waals surface area contributed by atoms with Crippen LogP contribution in [0.4, 0.5) is 0 Å². The van der Waals surface area contributed by atoms with E-state index in [-0.39, 0.29) is 21.4 Å². The van der Waals surface area contributed by atoms with Crippen LogP contribution in [0.2, 0.25) is 15.1 Å². The smallest absolute Gasteiger partial charge is 0.238 e. The third kappa shape index (κ3) is 4.03. The molecule has 0 saturated carbocycles. The summed E-state index contributed by atoms with van der Waals surface area (Å²) in [5.74, 6) is 0.513. The summed E-state index contributed by atoms with van der Waals surface area (Å²) in [6.45, 7) is 0. The highest BCUT2D eigenvalue weighted by molar-refractivity contribution is 9.10. The molecule has 0 radical (unpaired) electrons. The Labute approximate surface area is 144 Å². The molecular weight excluding hydrogens is 424 g/mol. The number of hydrogen-bond donors (Lipinski definition) is 1. The van der Waals surface area contributed by atoms with Crippen molar-refractivity contribution in [2.45, 2.75) is 4.90 Å². The van der Waals surface area contributed by atoms with Crippen LogP contribution in [-0.2, 0) is 10.0 Å². The van der Waals surface area contributed by atoms with Crippen molar-refractivity contribution in [1.29, 1.82) is 0 Å². The van der Waals surface area contributed by atoms with Gasteiger partial charge >= 0.3 is 0 Å². The molecule has 0 amide bonds. The number of hydrogen-bond acceptors (Lipinski definition) is 3. The first-order valence-corrected chi connectivity index (χ1v) is 8.80. The summed E-state index contributed by atoms with van der Waals surface area (Å²) in [5.41, 5.74) is 0. The van der Waals surface area contributed by atoms with Gasteiger partial charge in [0.25, 0.3) is 0 Å². The molecule has 2 aromatic rings. The fourth-order valence-electron chi connectivity index (χ4n) is 1.44. The van der Waals surface area contributed by atoms with Gasteiger partial charge in [0, 0.05) is 10.5 Å². The highest BCUT2D eigenvalue weighted by Gasteiger charge is 2.14. The Hall–Kier alpha value is -0.500. The number of rotatable bonds is 3. The van der Waals surface area contributed by atoms with Crippen molar-refractivity contribution in [3.63, 3.8) is 0 Å². The number of primary sulfonamides is 1. The van der Waals surface area contributed by atoms with Gasteiger partial charge in [0.1, 0.15) is 11.5 Å². The van der Waals surface area contributed by atoms with Crippen LogP contribution in [0.25, 0.3) is 0 Å². The number of nitrogens with two attached hydrogens (primary N) is 1. The van der Waals surface area contributed by atoms with E-state index in [2.05, 4.69) is 15.9 Å². The van der Waals surface area contributed by atoms with E-state index >= 15 is 0 Å². The third-order valence-corrected chi connectivity index (χ3v) is 5.13. The second-order valence-corrected chi connectivity index (χ2v) is 7.57. The number of benzene rings is 2. The number of sulfonamides is 1. The fraction of sp³-hybridized carbons (Fsp3) is 0. The van der Waals surface area contributed by atoms with Gasteiger partial charge in [0.2, 0.25) is 10.0 Å². The Bertz CT molecular complexity index is 812. The second-order valence-electron chi connectivity index (χ2n) is 3.94. The van der Waals surface area contributed by atoms with Gasteiger partial charge in [-0.2, -0.15) is 0 Å². The first kappa shape index (κ1) is 16.9. The van der Waals surface area contributed by atoms with Crippen molar-refractivity contribution in [1.82, 2.24) is 0 Å². The zero-order valence-electron chi connectivity index (χ0n) is 10.1. The van der Waals surface area contributed by atoms with Gasteiger partial charge in [-0.1, -0.05) is 34.8 Å². The van der Waals surface area contributed by atoms with Crippen LogP contribution in [0.3, 0.4) is 0 Å². The van der Waals surface area contributed by atoms with Crippen molar-refractivity contribution in [2.24, 2.45) is 5.14 Å². The van der Waals surface area contributed by atoms with E-state index in [1.807, 2.05) is 0 Å². The fourth-order valence-corrected chi connectivity index (χ4v) is 3.10. The maximum Gasteiger partial charge on any atom is 0.238 e. The lowest BCUT2D eigenvalue weighted by Crippen LogP contribution is -2.11. The minimum absolute atomic E-state index is 0.0802. The molecule has 2 N–H and O–H groups in total. The van der Waals surface area contributed by atoms with Gasteiger partial charge in [-0.15, -0.1) is 0 Å². The van der Waals surface area contributed by atoms with Crippen molar-refractivity contribution in [3.8, 4) is 11.5 Å². The second kappa shape index (κ2) is 6.32. The Morgan fingerprint density at radius 2 is 1.57 bits per heavy atom. The van der Waals surface area contributed by atoms with E-state index in [9.17, 15) is 8.42 Å². The van der Waals surface area contributed by atoms with E-state index in [1.54, 1.807) is 6.07 Å². The van der Waals surface area contributed by atoms with E-state index in [0.717, 1.165) is 0 Å². The molecule has 0 spiro atoms. The molecule has 0 aromatic heterocycles. The molecule has 0 bridgehead atoms. The highest BCUT2D eigenvalue weighted by Crippen LogP contribution is 2.38. The average molecular weight is 432 g/mol. The molecule has 0 unspecified atom stereocenters. The summed E-state index contributed by atoms with van der Waals surface area (Å²) in [6, 6.07) is 6.95. The summed E-state index contributed by atoms with van der Waals surface area (Å²) >= 11 is 21.2. The zero-order valence-corrected chi connectivity index (χ0v) is 14.8. The van der Waals surface area contributed by atoms with E-state index in [1.165, 1.54) is 24.3 Å². The lowest BCUT2D eigenvalue weighted by Gasteiger charge is -2.11. The summed E-state index contributed by atoms with van der Waals surface area (Å²) < 4.78 is 28.6. The van der Waals surface area contributed by atoms with Gasteiger partial charge in [-0.25, -0.2) is 13.6 Å². The molecule has 112 valence electrons. The summed E-state index contributed by atoms with van der Waals surface area (Å²) in [7, 11) is -3.83. The first-order valence-electron chi connectivity index (χ1n) is 5.33. The normalized spacial score (nSPS) is 11.5. The Balaban J connectivity index is 2.39. The minimum atomic E-state index is -3.83. The molecular formula is C12H7BrCl3NO3S. The van der Waals surface area contributed by atoms with Crippen molar-refractivity contribution in [3.05, 3.63) is 49.9 Å². The van der Waals surface area contributed by atoms with Crippen LogP contribution in [-0.4, -0.2) is 8.42 Å². The third-order valence-electron chi connectivity index (χ3n) is 2.43. The molecule has 0 fully saturated rings. The van der Waals surface area contributed by atoms with Crippen LogP contribution >= 0.6 is 50.7 Å². The summed E-state index contributed by atoms with van der Waals surface area (Å²) in [4.78, 5) is -0.111. The number of halogens is 4. The van der Waals surface area contributed by atoms with E-state index in [0.29, 0.717) is 14.5 Å². The van der Waals surface area contributed by atoms with Crippen LogP contribution in [0.5, 0.6) is 11.5 Å². The SMILES string of the molecule is NS(=O)(=O)c1ccc(Oc2cc(Cl)c(Br)cc2Cl)c(Cl)c1. The predicted octanol–water partition coefficient (Wildman–Crippen LogP) is 4.85. The molecule has 4 nitrogen and oxygen atoms in total. The summed E-state index contributed by atoms with van der Waals surface area (Å²) in [5, 5.41) is 5.82. The molecule has 9 heteroatoms. The quantitative estimate of drug-likeness (QED) is 0.707. The topological polar surface area (TPSA) is 69.4 Å². The largest absolute Gasteiger partial charge is 0.454 e. The van der Waals surface area contributed by atoms with Gasteiger partial charge in [0.15, 0.2) is 0 Å².